The maximum Gasteiger partial charge on any atom is 0.335 e. The lowest BCUT2D eigenvalue weighted by Crippen LogP contribution is -2.27. The molecule has 6 rings (SSSR count). The number of carboxylic acid groups (broad SMARTS) is 2. The topological polar surface area (TPSA) is 144 Å². The Morgan fingerprint density at radius 1 is 0.786 bits per heavy atom. The summed E-state index contributed by atoms with van der Waals surface area (Å²) < 4.78 is 3.44. The molecule has 2 aliphatic rings. The van der Waals surface area contributed by atoms with E-state index in [2.05, 4.69) is 23.5 Å². The highest BCUT2D eigenvalue weighted by Crippen LogP contribution is 2.25. The summed E-state index contributed by atoms with van der Waals surface area (Å²) in [5, 5.41) is 19.1. The fraction of sp³-hybridized carbons (Fsp3) is 0.375. The van der Waals surface area contributed by atoms with E-state index < -0.39 is 11.9 Å². The SMILES string of the molecule is C=C1CCCCCn2c1nc1cc(C(=O)O)ccc1c2=O.CC1CCCCCn2c1nc1cc(C(=O)O)ccc1c2=O. The molecule has 2 aromatic carbocycles. The zero-order valence-corrected chi connectivity index (χ0v) is 23.6. The van der Waals surface area contributed by atoms with Crippen LogP contribution in [0.2, 0.25) is 0 Å². The highest BCUT2D eigenvalue weighted by atomic mass is 16.4. The lowest BCUT2D eigenvalue weighted by Gasteiger charge is -2.21. The van der Waals surface area contributed by atoms with Crippen LogP contribution in [0, 0.1) is 0 Å². The second kappa shape index (κ2) is 12.1. The first kappa shape index (κ1) is 28.9. The zero-order chi connectivity index (χ0) is 30.0. The molecule has 2 aromatic heterocycles. The van der Waals surface area contributed by atoms with E-state index in [1.54, 1.807) is 21.3 Å². The summed E-state index contributed by atoms with van der Waals surface area (Å²) in [6.45, 7) is 7.44. The van der Waals surface area contributed by atoms with E-state index in [0.717, 1.165) is 62.8 Å². The Morgan fingerprint density at radius 3 is 1.95 bits per heavy atom. The van der Waals surface area contributed by atoms with Gasteiger partial charge in [-0.25, -0.2) is 19.6 Å². The summed E-state index contributed by atoms with van der Waals surface area (Å²) in [7, 11) is 0. The molecule has 0 amide bonds. The normalized spacial score (nSPS) is 17.1. The van der Waals surface area contributed by atoms with Crippen LogP contribution in [0.3, 0.4) is 0 Å². The van der Waals surface area contributed by atoms with E-state index in [-0.39, 0.29) is 28.2 Å². The van der Waals surface area contributed by atoms with Crippen molar-refractivity contribution >= 4 is 39.3 Å². The Kier molecular flexibility index (Phi) is 8.33. The van der Waals surface area contributed by atoms with Gasteiger partial charge >= 0.3 is 11.9 Å². The Hall–Kier alpha value is -4.60. The molecular weight excluding hydrogens is 536 g/mol. The molecule has 2 N–H and O–H groups in total. The van der Waals surface area contributed by atoms with Crippen LogP contribution < -0.4 is 11.1 Å². The summed E-state index contributed by atoms with van der Waals surface area (Å²) in [4.78, 5) is 56.5. The summed E-state index contributed by atoms with van der Waals surface area (Å²) in [6.07, 6.45) is 8.15. The van der Waals surface area contributed by atoms with Gasteiger partial charge in [0, 0.05) is 19.0 Å². The van der Waals surface area contributed by atoms with Gasteiger partial charge in [0.05, 0.1) is 32.9 Å². The van der Waals surface area contributed by atoms with Gasteiger partial charge in [-0.2, -0.15) is 0 Å². The van der Waals surface area contributed by atoms with E-state index in [4.69, 9.17) is 10.2 Å². The molecule has 1 unspecified atom stereocenters. The first-order valence-corrected chi connectivity index (χ1v) is 14.4. The van der Waals surface area contributed by atoms with Crippen LogP contribution in [-0.4, -0.2) is 41.3 Å². The molecule has 0 radical (unpaired) electrons. The summed E-state index contributed by atoms with van der Waals surface area (Å²) in [5.74, 6) is -0.427. The molecule has 0 saturated carbocycles. The second-order valence-corrected chi connectivity index (χ2v) is 11.1. The van der Waals surface area contributed by atoms with Crippen LogP contribution in [0.1, 0.15) is 96.6 Å². The molecular formula is C32H34N4O6. The number of hydrogen-bond acceptors (Lipinski definition) is 6. The molecule has 4 aromatic rings. The van der Waals surface area contributed by atoms with Crippen molar-refractivity contribution in [2.24, 2.45) is 0 Å². The van der Waals surface area contributed by atoms with Gasteiger partial charge in [0.25, 0.3) is 11.1 Å². The molecule has 4 heterocycles. The number of carbonyl (C=O) groups is 2. The minimum Gasteiger partial charge on any atom is -0.478 e. The monoisotopic (exact) mass is 570 g/mol. The van der Waals surface area contributed by atoms with Gasteiger partial charge in [-0.05, 0) is 74.1 Å². The summed E-state index contributed by atoms with van der Waals surface area (Å²) in [6, 6.07) is 8.97. The third-order valence-electron chi connectivity index (χ3n) is 8.07. The minimum atomic E-state index is -1.02. The van der Waals surface area contributed by atoms with Crippen molar-refractivity contribution in [1.29, 1.82) is 0 Å². The van der Waals surface area contributed by atoms with Crippen molar-refractivity contribution in [2.75, 3.05) is 0 Å². The second-order valence-electron chi connectivity index (χ2n) is 11.1. The number of aromatic carboxylic acids is 2. The largest absolute Gasteiger partial charge is 0.478 e. The molecule has 0 fully saturated rings. The molecule has 0 bridgehead atoms. The van der Waals surface area contributed by atoms with Crippen molar-refractivity contribution in [3.8, 4) is 0 Å². The average Bonchev–Trinajstić information content (AvgIpc) is 2.96. The van der Waals surface area contributed by atoms with Gasteiger partial charge in [-0.15, -0.1) is 0 Å². The quantitative estimate of drug-likeness (QED) is 0.324. The number of aromatic nitrogens is 4. The number of hydrogen-bond donors (Lipinski definition) is 2. The number of fused-ring (bicyclic) bond motifs is 4. The number of allylic oxidation sites excluding steroid dienone is 1. The first-order valence-electron chi connectivity index (χ1n) is 14.4. The van der Waals surface area contributed by atoms with Crippen molar-refractivity contribution in [3.05, 3.63) is 86.5 Å². The van der Waals surface area contributed by atoms with Gasteiger partial charge in [0.1, 0.15) is 11.6 Å². The highest BCUT2D eigenvalue weighted by Gasteiger charge is 2.19. The Bertz CT molecular complexity index is 1840. The molecule has 10 nitrogen and oxygen atoms in total. The number of rotatable bonds is 2. The molecule has 0 aliphatic carbocycles. The molecule has 10 heteroatoms. The van der Waals surface area contributed by atoms with Crippen LogP contribution >= 0.6 is 0 Å². The van der Waals surface area contributed by atoms with Crippen molar-refractivity contribution < 1.29 is 19.8 Å². The zero-order valence-electron chi connectivity index (χ0n) is 23.6. The van der Waals surface area contributed by atoms with E-state index in [1.165, 1.54) is 24.3 Å². The van der Waals surface area contributed by atoms with E-state index >= 15 is 0 Å². The van der Waals surface area contributed by atoms with E-state index in [1.807, 2.05) is 0 Å². The maximum absolute atomic E-state index is 12.6. The Morgan fingerprint density at radius 2 is 1.33 bits per heavy atom. The number of nitrogens with zero attached hydrogens (tertiary/aromatic N) is 4. The maximum atomic E-state index is 12.6. The van der Waals surface area contributed by atoms with Crippen molar-refractivity contribution in [1.82, 2.24) is 19.1 Å². The highest BCUT2D eigenvalue weighted by molar-refractivity contribution is 5.93. The van der Waals surface area contributed by atoms with Gasteiger partial charge in [0.2, 0.25) is 0 Å². The number of benzene rings is 2. The predicted octanol–water partition coefficient (Wildman–Crippen LogP) is 5.45. The molecule has 218 valence electrons. The summed E-state index contributed by atoms with van der Waals surface area (Å²) in [5.41, 5.74) is 1.88. The lowest BCUT2D eigenvalue weighted by atomic mass is 9.99. The van der Waals surface area contributed by atoms with Crippen molar-refractivity contribution in [3.63, 3.8) is 0 Å². The van der Waals surface area contributed by atoms with Gasteiger partial charge in [0.15, 0.2) is 0 Å². The molecule has 42 heavy (non-hydrogen) atoms. The Balaban J connectivity index is 0.000000168. The van der Waals surface area contributed by atoms with Crippen LogP contribution in [0.15, 0.2) is 52.6 Å². The fourth-order valence-electron chi connectivity index (χ4n) is 5.72. The molecule has 1 atom stereocenters. The van der Waals surface area contributed by atoms with Crippen LogP contribution in [0.4, 0.5) is 0 Å². The minimum absolute atomic E-state index is 0.0549. The van der Waals surface area contributed by atoms with E-state index in [9.17, 15) is 19.2 Å². The smallest absolute Gasteiger partial charge is 0.335 e. The number of carboxylic acids is 2. The van der Waals surface area contributed by atoms with Crippen LogP contribution in [0.5, 0.6) is 0 Å². The fourth-order valence-corrected chi connectivity index (χ4v) is 5.72. The van der Waals surface area contributed by atoms with Crippen LogP contribution in [0.25, 0.3) is 27.4 Å². The molecule has 0 saturated heterocycles. The van der Waals surface area contributed by atoms with Crippen molar-refractivity contribution in [2.45, 2.75) is 77.3 Å². The average molecular weight is 571 g/mol. The summed E-state index contributed by atoms with van der Waals surface area (Å²) >= 11 is 0. The van der Waals surface area contributed by atoms with Gasteiger partial charge in [-0.3, -0.25) is 18.7 Å². The van der Waals surface area contributed by atoms with Gasteiger partial charge < -0.3 is 10.2 Å². The third kappa shape index (κ3) is 5.74. The third-order valence-corrected chi connectivity index (χ3v) is 8.07. The van der Waals surface area contributed by atoms with Gasteiger partial charge in [-0.1, -0.05) is 32.8 Å². The van der Waals surface area contributed by atoms with Crippen LogP contribution in [-0.2, 0) is 13.1 Å². The predicted molar refractivity (Wildman–Crippen MR) is 160 cm³/mol. The standard InChI is InChI=1S/C16H18N2O3.C16H16N2O3/c2*1-10-5-3-2-4-8-18-14(10)17-13-9-11(16(20)21)6-7-12(13)15(18)19/h6-7,9-10H,2-5,8H2,1H3,(H,20,21);6-7,9H,1-5,8H2,(H,20,21). The molecule has 0 spiro atoms. The molecule has 2 aliphatic heterocycles. The first-order chi connectivity index (χ1) is 20.2. The van der Waals surface area contributed by atoms with E-state index in [0.29, 0.717) is 40.7 Å². The Labute approximate surface area is 242 Å². The lowest BCUT2D eigenvalue weighted by molar-refractivity contribution is 0.0686.